The number of carboxylic acid groups (broad SMARTS) is 1. The van der Waals surface area contributed by atoms with E-state index < -0.39 is 5.97 Å². The van der Waals surface area contributed by atoms with E-state index in [1.54, 1.807) is 10.8 Å². The first-order chi connectivity index (χ1) is 9.10. The molecule has 0 bridgehead atoms. The minimum atomic E-state index is -1.14. The average molecular weight is 265 g/mol. The quantitative estimate of drug-likeness (QED) is 0.735. The molecular formula is C15H23NO3. The van der Waals surface area contributed by atoms with Crippen molar-refractivity contribution in [3.63, 3.8) is 0 Å². The third-order valence-electron chi connectivity index (χ3n) is 3.30. The van der Waals surface area contributed by atoms with E-state index >= 15 is 0 Å². The average Bonchev–Trinajstić information content (AvgIpc) is 2.39. The second-order valence-electron chi connectivity index (χ2n) is 4.83. The van der Waals surface area contributed by atoms with Crippen LogP contribution in [0.5, 0.6) is 0 Å². The van der Waals surface area contributed by atoms with Gasteiger partial charge in [-0.15, -0.1) is 0 Å². The zero-order chi connectivity index (χ0) is 14.3. The molecule has 1 aromatic heterocycles. The molecule has 19 heavy (non-hydrogen) atoms. The zero-order valence-corrected chi connectivity index (χ0v) is 11.8. The lowest BCUT2D eigenvalue weighted by Gasteiger charge is -2.08. The van der Waals surface area contributed by atoms with Gasteiger partial charge < -0.3 is 9.67 Å². The summed E-state index contributed by atoms with van der Waals surface area (Å²) in [5.74, 6) is -1.14. The van der Waals surface area contributed by atoms with E-state index in [2.05, 4.69) is 6.92 Å². The Kier molecular flexibility index (Phi) is 6.33. The van der Waals surface area contributed by atoms with E-state index in [1.165, 1.54) is 25.5 Å². The predicted molar refractivity (Wildman–Crippen MR) is 75.8 cm³/mol. The Labute approximate surface area is 114 Å². The van der Waals surface area contributed by atoms with E-state index in [4.69, 9.17) is 5.11 Å². The minimum Gasteiger partial charge on any atom is -0.477 e. The summed E-state index contributed by atoms with van der Waals surface area (Å²) in [5.41, 5.74) is 0.179. The first kappa shape index (κ1) is 15.5. The number of nitrogens with zero attached hydrogens (tertiary/aromatic N) is 1. The van der Waals surface area contributed by atoms with E-state index in [0.717, 1.165) is 12.8 Å². The smallest absolute Gasteiger partial charge is 0.341 e. The van der Waals surface area contributed by atoms with Crippen molar-refractivity contribution in [1.29, 1.82) is 0 Å². The lowest BCUT2D eigenvalue weighted by Crippen LogP contribution is -2.21. The van der Waals surface area contributed by atoms with Crippen molar-refractivity contribution in [3.05, 3.63) is 33.7 Å². The first-order valence-corrected chi connectivity index (χ1v) is 7.06. The van der Waals surface area contributed by atoms with Crippen molar-refractivity contribution in [3.8, 4) is 0 Å². The summed E-state index contributed by atoms with van der Waals surface area (Å²) in [6.45, 7) is 4.76. The zero-order valence-electron chi connectivity index (χ0n) is 11.8. The molecule has 0 fully saturated rings. The Morgan fingerprint density at radius 1 is 1.16 bits per heavy atom. The Morgan fingerprint density at radius 2 is 1.84 bits per heavy atom. The fourth-order valence-electron chi connectivity index (χ4n) is 2.13. The molecule has 0 aliphatic rings. The van der Waals surface area contributed by atoms with Gasteiger partial charge in [0.1, 0.15) is 5.56 Å². The fraction of sp³-hybridized carbons (Fsp3) is 0.600. The standard InChI is InChI=1S/C15H23NO3/c1-3-5-6-7-8-9-12-10-16(4-2)11-13(14(12)17)15(18)19/h10-11H,3-9H2,1-2H3,(H,18,19). The van der Waals surface area contributed by atoms with Crippen LogP contribution in [0, 0.1) is 0 Å². The Bertz CT molecular complexity index is 477. The maximum atomic E-state index is 12.0. The van der Waals surface area contributed by atoms with Crippen LogP contribution in [0.3, 0.4) is 0 Å². The Balaban J connectivity index is 2.79. The third kappa shape index (κ3) is 4.54. The van der Waals surface area contributed by atoms with Crippen LogP contribution in [-0.4, -0.2) is 15.6 Å². The number of unbranched alkanes of at least 4 members (excludes halogenated alkanes) is 4. The molecular weight excluding hydrogens is 242 g/mol. The van der Waals surface area contributed by atoms with Crippen LogP contribution in [0.1, 0.15) is 61.9 Å². The van der Waals surface area contributed by atoms with Crippen molar-refractivity contribution >= 4 is 5.97 Å². The van der Waals surface area contributed by atoms with Gasteiger partial charge in [-0.2, -0.15) is 0 Å². The topological polar surface area (TPSA) is 59.3 Å². The summed E-state index contributed by atoms with van der Waals surface area (Å²) < 4.78 is 1.77. The van der Waals surface area contributed by atoms with Gasteiger partial charge in [-0.05, 0) is 19.8 Å². The van der Waals surface area contributed by atoms with Crippen molar-refractivity contribution in [2.24, 2.45) is 0 Å². The number of hydrogen-bond acceptors (Lipinski definition) is 2. The van der Waals surface area contributed by atoms with E-state index in [-0.39, 0.29) is 11.0 Å². The Morgan fingerprint density at radius 3 is 2.42 bits per heavy atom. The number of aryl methyl sites for hydroxylation is 2. The lowest BCUT2D eigenvalue weighted by molar-refractivity contribution is 0.0694. The van der Waals surface area contributed by atoms with Gasteiger partial charge in [-0.1, -0.05) is 32.6 Å². The number of carbonyl (C=O) groups is 1. The first-order valence-electron chi connectivity index (χ1n) is 7.06. The largest absolute Gasteiger partial charge is 0.477 e. The van der Waals surface area contributed by atoms with Gasteiger partial charge in [0.25, 0.3) is 0 Å². The molecule has 0 aliphatic heterocycles. The number of hydrogen-bond donors (Lipinski definition) is 1. The van der Waals surface area contributed by atoms with E-state index in [9.17, 15) is 9.59 Å². The van der Waals surface area contributed by atoms with Gasteiger partial charge in [0.05, 0.1) is 0 Å². The summed E-state index contributed by atoms with van der Waals surface area (Å²) in [6, 6.07) is 0. The highest BCUT2D eigenvalue weighted by atomic mass is 16.4. The normalized spacial score (nSPS) is 10.6. The van der Waals surface area contributed by atoms with Crippen LogP contribution in [0.15, 0.2) is 17.2 Å². The van der Waals surface area contributed by atoms with Crippen LogP contribution < -0.4 is 5.43 Å². The third-order valence-corrected chi connectivity index (χ3v) is 3.30. The second-order valence-corrected chi connectivity index (χ2v) is 4.83. The molecule has 1 N–H and O–H groups in total. The van der Waals surface area contributed by atoms with Gasteiger partial charge in [0.2, 0.25) is 0 Å². The molecule has 0 radical (unpaired) electrons. The van der Waals surface area contributed by atoms with Crippen LogP contribution in [0.4, 0.5) is 0 Å². The van der Waals surface area contributed by atoms with E-state index in [0.29, 0.717) is 18.5 Å². The summed E-state index contributed by atoms with van der Waals surface area (Å²) >= 11 is 0. The SMILES string of the molecule is CCCCCCCc1cn(CC)cc(C(=O)O)c1=O. The molecule has 0 aliphatic carbocycles. The molecule has 1 aromatic rings. The lowest BCUT2D eigenvalue weighted by atomic mass is 10.0. The van der Waals surface area contributed by atoms with Crippen molar-refractivity contribution < 1.29 is 9.90 Å². The molecule has 4 nitrogen and oxygen atoms in total. The molecule has 0 unspecified atom stereocenters. The summed E-state index contributed by atoms with van der Waals surface area (Å²) in [7, 11) is 0. The van der Waals surface area contributed by atoms with Crippen LogP contribution >= 0.6 is 0 Å². The number of aromatic nitrogens is 1. The maximum Gasteiger partial charge on any atom is 0.341 e. The Hall–Kier alpha value is -1.58. The fourth-order valence-corrected chi connectivity index (χ4v) is 2.13. The molecule has 0 atom stereocenters. The van der Waals surface area contributed by atoms with Crippen molar-refractivity contribution in [1.82, 2.24) is 4.57 Å². The van der Waals surface area contributed by atoms with Crippen LogP contribution in [-0.2, 0) is 13.0 Å². The van der Waals surface area contributed by atoms with Crippen LogP contribution in [0.2, 0.25) is 0 Å². The maximum absolute atomic E-state index is 12.0. The molecule has 0 saturated carbocycles. The summed E-state index contributed by atoms with van der Waals surface area (Å²) in [6.07, 6.45) is 9.50. The second kappa shape index (κ2) is 7.77. The van der Waals surface area contributed by atoms with Gasteiger partial charge in [-0.3, -0.25) is 4.79 Å². The number of aromatic carboxylic acids is 1. The molecule has 0 aromatic carbocycles. The van der Waals surface area contributed by atoms with Gasteiger partial charge in [0, 0.05) is 24.5 Å². The minimum absolute atomic E-state index is 0.118. The summed E-state index contributed by atoms with van der Waals surface area (Å²) in [5, 5.41) is 9.04. The predicted octanol–water partition coefficient (Wildman–Crippen LogP) is 3.08. The van der Waals surface area contributed by atoms with Gasteiger partial charge in [0.15, 0.2) is 5.43 Å². The molecule has 4 heteroatoms. The number of rotatable bonds is 8. The molecule has 0 spiro atoms. The number of pyridine rings is 1. The van der Waals surface area contributed by atoms with E-state index in [1.807, 2.05) is 6.92 Å². The van der Waals surface area contributed by atoms with Gasteiger partial charge >= 0.3 is 5.97 Å². The molecule has 1 rings (SSSR count). The van der Waals surface area contributed by atoms with Gasteiger partial charge in [-0.25, -0.2) is 4.79 Å². The molecule has 0 amide bonds. The molecule has 1 heterocycles. The summed E-state index contributed by atoms with van der Waals surface area (Å²) in [4.78, 5) is 23.0. The molecule has 106 valence electrons. The highest BCUT2D eigenvalue weighted by Crippen LogP contribution is 2.07. The monoisotopic (exact) mass is 265 g/mol. The van der Waals surface area contributed by atoms with Crippen molar-refractivity contribution in [2.45, 2.75) is 58.9 Å². The highest BCUT2D eigenvalue weighted by molar-refractivity contribution is 5.87. The highest BCUT2D eigenvalue weighted by Gasteiger charge is 2.13. The molecule has 0 saturated heterocycles. The van der Waals surface area contributed by atoms with Crippen molar-refractivity contribution in [2.75, 3.05) is 0 Å². The number of carboxylic acids is 1. The van der Waals surface area contributed by atoms with Crippen LogP contribution in [0.25, 0.3) is 0 Å².